The fourth-order valence-electron chi connectivity index (χ4n) is 2.45. The predicted octanol–water partition coefficient (Wildman–Crippen LogP) is 1.87. The van der Waals surface area contributed by atoms with Crippen LogP contribution in [-0.4, -0.2) is 34.7 Å². The minimum Gasteiger partial charge on any atom is -0.343 e. The number of amides is 1. The van der Waals surface area contributed by atoms with Gasteiger partial charge in [0.1, 0.15) is 0 Å². The molecule has 0 bridgehead atoms. The minimum atomic E-state index is 0.0398. The number of hydrogen-bond donors (Lipinski definition) is 0. The Morgan fingerprint density at radius 1 is 1.35 bits per heavy atom. The Balaban J connectivity index is 2.42. The zero-order valence-electron chi connectivity index (χ0n) is 11.0. The van der Waals surface area contributed by atoms with Crippen LogP contribution in [0.4, 0.5) is 0 Å². The summed E-state index contributed by atoms with van der Waals surface area (Å²) in [6.45, 7) is 3.06. The average Bonchev–Trinajstić information content (AvgIpc) is 2.68. The van der Waals surface area contributed by atoms with Gasteiger partial charge in [-0.2, -0.15) is 5.10 Å². The summed E-state index contributed by atoms with van der Waals surface area (Å²) in [6.07, 6.45) is 5.54. The van der Waals surface area contributed by atoms with E-state index in [0.29, 0.717) is 5.69 Å². The lowest BCUT2D eigenvalue weighted by Crippen LogP contribution is -2.23. The zero-order valence-corrected chi connectivity index (χ0v) is 11.0. The molecule has 4 nitrogen and oxygen atoms in total. The third kappa shape index (κ3) is 2.21. The topological polar surface area (TPSA) is 38.1 Å². The van der Waals surface area contributed by atoms with Crippen molar-refractivity contribution in [3.63, 3.8) is 0 Å². The number of aromatic nitrogens is 2. The van der Waals surface area contributed by atoms with Crippen molar-refractivity contribution in [2.24, 2.45) is 0 Å². The Kier molecular flexibility index (Phi) is 3.50. The van der Waals surface area contributed by atoms with Gasteiger partial charge < -0.3 is 4.90 Å². The van der Waals surface area contributed by atoms with Crippen LogP contribution in [0.2, 0.25) is 0 Å². The Bertz CT molecular complexity index is 421. The standard InChI is InChI=1S/C13H21N3O/c1-4-9-16-11-8-6-5-7-10(11)12(14-16)13(17)15(2)3/h4-9H2,1-3H3. The fraction of sp³-hybridized carbons (Fsp3) is 0.692. The van der Waals surface area contributed by atoms with Crippen molar-refractivity contribution in [1.29, 1.82) is 0 Å². The smallest absolute Gasteiger partial charge is 0.274 e. The molecule has 0 saturated carbocycles. The Morgan fingerprint density at radius 2 is 2.06 bits per heavy atom. The van der Waals surface area contributed by atoms with Crippen LogP contribution in [0.25, 0.3) is 0 Å². The van der Waals surface area contributed by atoms with Crippen LogP contribution in [-0.2, 0) is 19.4 Å². The summed E-state index contributed by atoms with van der Waals surface area (Å²) in [7, 11) is 3.58. The normalized spacial score (nSPS) is 14.5. The van der Waals surface area contributed by atoms with E-state index in [2.05, 4.69) is 12.0 Å². The van der Waals surface area contributed by atoms with Crippen LogP contribution in [0.3, 0.4) is 0 Å². The van der Waals surface area contributed by atoms with Crippen LogP contribution >= 0.6 is 0 Å². The molecule has 0 saturated heterocycles. The molecule has 1 aromatic rings. The number of aryl methyl sites for hydroxylation is 1. The number of rotatable bonds is 3. The molecular weight excluding hydrogens is 214 g/mol. The highest BCUT2D eigenvalue weighted by Crippen LogP contribution is 2.25. The summed E-state index contributed by atoms with van der Waals surface area (Å²) >= 11 is 0. The van der Waals surface area contributed by atoms with E-state index in [1.807, 2.05) is 4.68 Å². The van der Waals surface area contributed by atoms with E-state index in [1.54, 1.807) is 19.0 Å². The van der Waals surface area contributed by atoms with Gasteiger partial charge >= 0.3 is 0 Å². The molecule has 0 aromatic carbocycles. The summed E-state index contributed by atoms with van der Waals surface area (Å²) in [4.78, 5) is 13.7. The van der Waals surface area contributed by atoms with Crippen molar-refractivity contribution in [3.05, 3.63) is 17.0 Å². The SMILES string of the molecule is CCCn1nc(C(=O)N(C)C)c2c1CCCC2. The molecule has 2 rings (SSSR count). The number of hydrogen-bond acceptors (Lipinski definition) is 2. The second-order valence-corrected chi connectivity index (χ2v) is 4.90. The molecule has 0 atom stereocenters. The molecule has 0 fully saturated rings. The maximum absolute atomic E-state index is 12.1. The summed E-state index contributed by atoms with van der Waals surface area (Å²) in [5.41, 5.74) is 3.17. The van der Waals surface area contributed by atoms with Crippen molar-refractivity contribution in [2.75, 3.05) is 14.1 Å². The lowest BCUT2D eigenvalue weighted by molar-refractivity contribution is 0.0820. The fourth-order valence-corrected chi connectivity index (χ4v) is 2.45. The van der Waals surface area contributed by atoms with Gasteiger partial charge in [-0.15, -0.1) is 0 Å². The van der Waals surface area contributed by atoms with Crippen molar-refractivity contribution in [2.45, 2.75) is 45.6 Å². The molecule has 1 aliphatic carbocycles. The molecular formula is C13H21N3O. The third-order valence-corrected chi connectivity index (χ3v) is 3.30. The molecule has 1 heterocycles. The Labute approximate surface area is 103 Å². The molecule has 0 spiro atoms. The Morgan fingerprint density at radius 3 is 2.71 bits per heavy atom. The molecule has 1 amide bonds. The van der Waals surface area contributed by atoms with Gasteiger partial charge in [-0.05, 0) is 32.1 Å². The quantitative estimate of drug-likeness (QED) is 0.802. The first-order valence-corrected chi connectivity index (χ1v) is 6.45. The van der Waals surface area contributed by atoms with Crippen molar-refractivity contribution in [1.82, 2.24) is 14.7 Å². The molecule has 1 aromatic heterocycles. The van der Waals surface area contributed by atoms with Gasteiger partial charge in [-0.25, -0.2) is 0 Å². The van der Waals surface area contributed by atoms with E-state index >= 15 is 0 Å². The lowest BCUT2D eigenvalue weighted by Gasteiger charge is -2.14. The molecule has 0 radical (unpaired) electrons. The summed E-state index contributed by atoms with van der Waals surface area (Å²) in [5.74, 6) is 0.0398. The van der Waals surface area contributed by atoms with Gasteiger partial charge in [-0.3, -0.25) is 9.48 Å². The summed E-state index contributed by atoms with van der Waals surface area (Å²) in [6, 6.07) is 0. The van der Waals surface area contributed by atoms with Crippen LogP contribution in [0, 0.1) is 0 Å². The van der Waals surface area contributed by atoms with E-state index in [4.69, 9.17) is 0 Å². The molecule has 0 aliphatic heterocycles. The first-order valence-electron chi connectivity index (χ1n) is 6.45. The van der Waals surface area contributed by atoms with Gasteiger partial charge in [0, 0.05) is 31.9 Å². The van der Waals surface area contributed by atoms with Crippen LogP contribution in [0.15, 0.2) is 0 Å². The largest absolute Gasteiger partial charge is 0.343 e. The maximum atomic E-state index is 12.1. The van der Waals surface area contributed by atoms with Crippen LogP contribution in [0.1, 0.15) is 47.9 Å². The zero-order chi connectivity index (χ0) is 12.4. The first-order chi connectivity index (χ1) is 8.15. The molecule has 0 N–H and O–H groups in total. The van der Waals surface area contributed by atoms with Gasteiger partial charge in [0.15, 0.2) is 5.69 Å². The number of fused-ring (bicyclic) bond motifs is 1. The second kappa shape index (κ2) is 4.90. The molecule has 1 aliphatic rings. The number of nitrogens with zero attached hydrogens (tertiary/aromatic N) is 3. The van der Waals surface area contributed by atoms with Crippen molar-refractivity contribution in [3.8, 4) is 0 Å². The number of carbonyl (C=O) groups excluding carboxylic acids is 1. The first kappa shape index (κ1) is 12.1. The molecule has 94 valence electrons. The van der Waals surface area contributed by atoms with Gasteiger partial charge in [0.2, 0.25) is 0 Å². The number of carbonyl (C=O) groups is 1. The Hall–Kier alpha value is -1.32. The van der Waals surface area contributed by atoms with E-state index in [1.165, 1.54) is 24.1 Å². The molecule has 17 heavy (non-hydrogen) atoms. The van der Waals surface area contributed by atoms with E-state index in [0.717, 1.165) is 25.8 Å². The summed E-state index contributed by atoms with van der Waals surface area (Å²) < 4.78 is 2.05. The highest BCUT2D eigenvalue weighted by molar-refractivity contribution is 5.93. The average molecular weight is 235 g/mol. The molecule has 0 unspecified atom stereocenters. The highest BCUT2D eigenvalue weighted by atomic mass is 16.2. The van der Waals surface area contributed by atoms with E-state index in [-0.39, 0.29) is 5.91 Å². The van der Waals surface area contributed by atoms with Crippen molar-refractivity contribution < 1.29 is 4.79 Å². The van der Waals surface area contributed by atoms with Gasteiger partial charge in [0.25, 0.3) is 5.91 Å². The van der Waals surface area contributed by atoms with Crippen LogP contribution in [0.5, 0.6) is 0 Å². The van der Waals surface area contributed by atoms with Crippen molar-refractivity contribution >= 4 is 5.91 Å². The van der Waals surface area contributed by atoms with Crippen LogP contribution < -0.4 is 0 Å². The second-order valence-electron chi connectivity index (χ2n) is 4.90. The monoisotopic (exact) mass is 235 g/mol. The lowest BCUT2D eigenvalue weighted by atomic mass is 9.95. The predicted molar refractivity (Wildman–Crippen MR) is 67.2 cm³/mol. The van der Waals surface area contributed by atoms with E-state index < -0.39 is 0 Å². The van der Waals surface area contributed by atoms with Gasteiger partial charge in [-0.1, -0.05) is 6.92 Å². The maximum Gasteiger partial charge on any atom is 0.274 e. The molecule has 4 heteroatoms. The minimum absolute atomic E-state index is 0.0398. The third-order valence-electron chi connectivity index (χ3n) is 3.30. The van der Waals surface area contributed by atoms with Gasteiger partial charge in [0.05, 0.1) is 0 Å². The summed E-state index contributed by atoms with van der Waals surface area (Å²) in [5, 5.41) is 4.53. The highest BCUT2D eigenvalue weighted by Gasteiger charge is 2.25. The van der Waals surface area contributed by atoms with E-state index in [9.17, 15) is 4.79 Å².